The van der Waals surface area contributed by atoms with E-state index in [0.717, 1.165) is 22.3 Å². The highest BCUT2D eigenvalue weighted by atomic mass is 79.9. The summed E-state index contributed by atoms with van der Waals surface area (Å²) in [6.07, 6.45) is 2.07. The second-order valence-corrected chi connectivity index (χ2v) is 5.73. The van der Waals surface area contributed by atoms with Crippen molar-refractivity contribution in [1.29, 1.82) is 0 Å². The monoisotopic (exact) mass is 320 g/mol. The van der Waals surface area contributed by atoms with E-state index in [2.05, 4.69) is 27.1 Å². The summed E-state index contributed by atoms with van der Waals surface area (Å²) < 4.78 is 14.2. The van der Waals surface area contributed by atoms with Crippen molar-refractivity contribution in [2.45, 2.75) is 6.04 Å². The van der Waals surface area contributed by atoms with Crippen LogP contribution in [0.4, 0.5) is 4.39 Å². The van der Waals surface area contributed by atoms with Crippen molar-refractivity contribution in [3.8, 4) is 0 Å². The molecule has 1 rings (SSSR count). The number of likely N-dealkylation sites (N-methyl/N-ethyl adjacent to an activating group) is 1. The second kappa shape index (κ2) is 7.36. The number of thioether (sulfide) groups is 1. The molecule has 0 fully saturated rings. The number of nitrogens with zero attached hydrogens (tertiary/aromatic N) is 1. The highest BCUT2D eigenvalue weighted by molar-refractivity contribution is 9.10. The first kappa shape index (κ1) is 15.0. The topological polar surface area (TPSA) is 29.3 Å². The SMILES string of the molecule is CSCCN(C)C(CN)c1cc(F)ccc1Br. The molecule has 17 heavy (non-hydrogen) atoms. The maximum atomic E-state index is 13.3. The van der Waals surface area contributed by atoms with Gasteiger partial charge in [0.1, 0.15) is 5.82 Å². The van der Waals surface area contributed by atoms with Crippen LogP contribution < -0.4 is 5.73 Å². The summed E-state index contributed by atoms with van der Waals surface area (Å²) in [5.74, 6) is 0.819. The van der Waals surface area contributed by atoms with Gasteiger partial charge in [0.15, 0.2) is 0 Å². The van der Waals surface area contributed by atoms with Gasteiger partial charge in [0.25, 0.3) is 0 Å². The minimum absolute atomic E-state index is 0.0484. The van der Waals surface area contributed by atoms with Crippen molar-refractivity contribution in [1.82, 2.24) is 4.90 Å². The van der Waals surface area contributed by atoms with Gasteiger partial charge in [-0.3, -0.25) is 4.90 Å². The van der Waals surface area contributed by atoms with Gasteiger partial charge in [0, 0.05) is 29.4 Å². The molecule has 96 valence electrons. The first-order valence-corrected chi connectivity index (χ1v) is 7.63. The minimum Gasteiger partial charge on any atom is -0.329 e. The van der Waals surface area contributed by atoms with E-state index in [4.69, 9.17) is 5.73 Å². The van der Waals surface area contributed by atoms with Gasteiger partial charge < -0.3 is 5.73 Å². The van der Waals surface area contributed by atoms with Gasteiger partial charge in [0.05, 0.1) is 0 Å². The minimum atomic E-state index is -0.222. The van der Waals surface area contributed by atoms with Gasteiger partial charge in [0.2, 0.25) is 0 Å². The predicted molar refractivity (Wildman–Crippen MR) is 76.9 cm³/mol. The highest BCUT2D eigenvalue weighted by Gasteiger charge is 2.18. The average molecular weight is 321 g/mol. The van der Waals surface area contributed by atoms with E-state index in [1.165, 1.54) is 6.07 Å². The third-order valence-corrected chi connectivity index (χ3v) is 4.03. The van der Waals surface area contributed by atoms with Crippen LogP contribution in [0.2, 0.25) is 0 Å². The zero-order valence-electron chi connectivity index (χ0n) is 10.1. The Morgan fingerprint density at radius 2 is 2.24 bits per heavy atom. The first-order valence-electron chi connectivity index (χ1n) is 5.44. The molecule has 1 aromatic carbocycles. The molecule has 5 heteroatoms. The third kappa shape index (κ3) is 4.25. The summed E-state index contributed by atoms with van der Waals surface area (Å²) >= 11 is 5.25. The van der Waals surface area contributed by atoms with Crippen LogP contribution in [0.25, 0.3) is 0 Å². The molecule has 0 spiro atoms. The number of nitrogens with two attached hydrogens (primary N) is 1. The fourth-order valence-corrected chi connectivity index (χ4v) is 2.69. The Hall–Kier alpha value is -0.100. The maximum absolute atomic E-state index is 13.3. The normalized spacial score (nSPS) is 13.1. The highest BCUT2D eigenvalue weighted by Crippen LogP contribution is 2.27. The maximum Gasteiger partial charge on any atom is 0.123 e. The van der Waals surface area contributed by atoms with Crippen LogP contribution in [0.15, 0.2) is 22.7 Å². The number of halogens is 2. The molecule has 0 aromatic heterocycles. The Morgan fingerprint density at radius 3 is 2.82 bits per heavy atom. The van der Waals surface area contributed by atoms with Gasteiger partial charge in [-0.1, -0.05) is 15.9 Å². The van der Waals surface area contributed by atoms with E-state index in [-0.39, 0.29) is 11.9 Å². The number of hydrogen-bond acceptors (Lipinski definition) is 3. The van der Waals surface area contributed by atoms with E-state index in [0.29, 0.717) is 6.54 Å². The lowest BCUT2D eigenvalue weighted by Crippen LogP contribution is -2.32. The van der Waals surface area contributed by atoms with E-state index in [1.54, 1.807) is 23.9 Å². The van der Waals surface area contributed by atoms with Gasteiger partial charge >= 0.3 is 0 Å². The van der Waals surface area contributed by atoms with Gasteiger partial charge in [-0.2, -0.15) is 11.8 Å². The van der Waals surface area contributed by atoms with Crippen molar-refractivity contribution in [2.75, 3.05) is 32.1 Å². The molecule has 0 saturated carbocycles. The van der Waals surface area contributed by atoms with E-state index >= 15 is 0 Å². The fraction of sp³-hybridized carbons (Fsp3) is 0.500. The molecule has 0 saturated heterocycles. The molecule has 0 amide bonds. The lowest BCUT2D eigenvalue weighted by atomic mass is 10.1. The van der Waals surface area contributed by atoms with Crippen molar-refractivity contribution in [3.63, 3.8) is 0 Å². The number of hydrogen-bond donors (Lipinski definition) is 1. The molecule has 0 aliphatic carbocycles. The van der Waals surface area contributed by atoms with Crippen LogP contribution in [0.3, 0.4) is 0 Å². The summed E-state index contributed by atoms with van der Waals surface area (Å²) in [6.45, 7) is 1.42. The lowest BCUT2D eigenvalue weighted by molar-refractivity contribution is 0.264. The van der Waals surface area contributed by atoms with Crippen molar-refractivity contribution >= 4 is 27.7 Å². The average Bonchev–Trinajstić information content (AvgIpc) is 2.32. The largest absolute Gasteiger partial charge is 0.329 e. The molecular formula is C12H18BrFN2S. The smallest absolute Gasteiger partial charge is 0.123 e. The molecule has 1 atom stereocenters. The van der Waals surface area contributed by atoms with Crippen LogP contribution in [-0.2, 0) is 0 Å². The van der Waals surface area contributed by atoms with Crippen LogP contribution in [0.1, 0.15) is 11.6 Å². The molecule has 0 radical (unpaired) electrons. The zero-order valence-corrected chi connectivity index (χ0v) is 12.5. The van der Waals surface area contributed by atoms with Gasteiger partial charge in [-0.25, -0.2) is 4.39 Å². The molecule has 2 N–H and O–H groups in total. The Morgan fingerprint density at radius 1 is 1.53 bits per heavy atom. The van der Waals surface area contributed by atoms with Crippen LogP contribution in [-0.4, -0.2) is 37.0 Å². The summed E-state index contributed by atoms with van der Waals surface area (Å²) in [6, 6.07) is 4.78. The third-order valence-electron chi connectivity index (χ3n) is 2.72. The summed E-state index contributed by atoms with van der Waals surface area (Å²) in [7, 11) is 2.02. The summed E-state index contributed by atoms with van der Waals surface area (Å²) in [5.41, 5.74) is 6.72. The van der Waals surface area contributed by atoms with Gasteiger partial charge in [-0.05, 0) is 37.1 Å². The van der Waals surface area contributed by atoms with E-state index in [9.17, 15) is 4.39 Å². The first-order chi connectivity index (χ1) is 8.10. The lowest BCUT2D eigenvalue weighted by Gasteiger charge is -2.28. The Labute approximate surface area is 115 Å². The molecule has 0 aliphatic heterocycles. The molecule has 0 aliphatic rings. The molecule has 2 nitrogen and oxygen atoms in total. The van der Waals surface area contributed by atoms with Crippen LogP contribution >= 0.6 is 27.7 Å². The van der Waals surface area contributed by atoms with Crippen molar-refractivity contribution in [3.05, 3.63) is 34.1 Å². The van der Waals surface area contributed by atoms with Crippen LogP contribution in [0, 0.1) is 5.82 Å². The van der Waals surface area contributed by atoms with E-state index in [1.807, 2.05) is 7.05 Å². The molecule has 0 heterocycles. The Kier molecular flexibility index (Phi) is 6.48. The fourth-order valence-electron chi connectivity index (χ4n) is 1.71. The van der Waals surface area contributed by atoms with Crippen LogP contribution in [0.5, 0.6) is 0 Å². The number of benzene rings is 1. The number of rotatable bonds is 6. The van der Waals surface area contributed by atoms with E-state index < -0.39 is 0 Å². The molecular weight excluding hydrogens is 303 g/mol. The zero-order chi connectivity index (χ0) is 12.8. The van der Waals surface area contributed by atoms with Gasteiger partial charge in [-0.15, -0.1) is 0 Å². The standard InChI is InChI=1S/C12H18BrFN2S/c1-16(5-6-17-2)12(8-15)10-7-9(14)3-4-11(10)13/h3-4,7,12H,5-6,8,15H2,1-2H3. The molecule has 0 bridgehead atoms. The molecule has 1 aromatic rings. The quantitative estimate of drug-likeness (QED) is 0.874. The predicted octanol–water partition coefficient (Wildman–Crippen LogP) is 2.88. The summed E-state index contributed by atoms with van der Waals surface area (Å²) in [5, 5.41) is 0. The Bertz CT molecular complexity index is 362. The second-order valence-electron chi connectivity index (χ2n) is 3.89. The van der Waals surface area contributed by atoms with Crippen molar-refractivity contribution < 1.29 is 4.39 Å². The Balaban J connectivity index is 2.88. The van der Waals surface area contributed by atoms with Crippen molar-refractivity contribution in [2.24, 2.45) is 5.73 Å². The summed E-state index contributed by atoms with van der Waals surface area (Å²) in [4.78, 5) is 2.16. The molecule has 1 unspecified atom stereocenters.